The normalized spacial score (nSPS) is 10.1. The highest BCUT2D eigenvalue weighted by atomic mass is 16.6. The van der Waals surface area contributed by atoms with Crippen molar-refractivity contribution in [2.75, 3.05) is 13.6 Å². The molecule has 0 spiro atoms. The predicted octanol–water partition coefficient (Wildman–Crippen LogP) is 2.35. The van der Waals surface area contributed by atoms with Gasteiger partial charge >= 0.3 is 12.1 Å². The Kier molecular flexibility index (Phi) is 5.36. The summed E-state index contributed by atoms with van der Waals surface area (Å²) in [5, 5.41) is 8.54. The smallest absolute Gasteiger partial charge is 0.409 e. The third kappa shape index (κ3) is 4.99. The highest BCUT2D eigenvalue weighted by molar-refractivity contribution is 5.70. The summed E-state index contributed by atoms with van der Waals surface area (Å²) >= 11 is 0. The first-order valence-electron chi connectivity index (χ1n) is 6.06. The average Bonchev–Trinajstić information content (AvgIpc) is 2.34. The van der Waals surface area contributed by atoms with Crippen LogP contribution in [-0.2, 0) is 16.1 Å². The molecule has 0 bridgehead atoms. The lowest BCUT2D eigenvalue weighted by molar-refractivity contribution is -0.137. The van der Waals surface area contributed by atoms with Crippen LogP contribution in [-0.4, -0.2) is 35.7 Å². The van der Waals surface area contributed by atoms with E-state index in [9.17, 15) is 9.59 Å². The van der Waals surface area contributed by atoms with Crippen molar-refractivity contribution in [1.29, 1.82) is 0 Å². The van der Waals surface area contributed by atoms with Crippen LogP contribution in [0.1, 0.15) is 23.1 Å². The summed E-state index contributed by atoms with van der Waals surface area (Å²) < 4.78 is 5.14. The maximum atomic E-state index is 11.6. The second-order valence-electron chi connectivity index (χ2n) is 4.55. The lowest BCUT2D eigenvalue weighted by atomic mass is 10.1. The minimum Gasteiger partial charge on any atom is -0.481 e. The molecule has 0 saturated carbocycles. The van der Waals surface area contributed by atoms with Crippen molar-refractivity contribution in [3.63, 3.8) is 0 Å². The number of hydrogen-bond acceptors (Lipinski definition) is 3. The number of carboxylic acid groups (broad SMARTS) is 1. The quantitative estimate of drug-likeness (QED) is 0.887. The Bertz CT molecular complexity index is 471. The van der Waals surface area contributed by atoms with E-state index in [1.54, 1.807) is 0 Å². The standard InChI is InChI=1S/C14H19NO4/c1-10-4-5-12(11(2)8-10)9-19-14(18)15(3)7-6-13(16)17/h4-5,8H,6-7,9H2,1-3H3,(H,16,17). The first-order valence-corrected chi connectivity index (χ1v) is 6.06. The Morgan fingerprint density at radius 3 is 2.58 bits per heavy atom. The van der Waals surface area contributed by atoms with Crippen molar-refractivity contribution in [2.45, 2.75) is 26.9 Å². The number of carbonyl (C=O) groups is 2. The van der Waals surface area contributed by atoms with E-state index in [2.05, 4.69) is 0 Å². The van der Waals surface area contributed by atoms with Gasteiger partial charge in [0, 0.05) is 13.6 Å². The SMILES string of the molecule is Cc1ccc(COC(=O)N(C)CCC(=O)O)c(C)c1. The second-order valence-corrected chi connectivity index (χ2v) is 4.55. The Hall–Kier alpha value is -2.04. The summed E-state index contributed by atoms with van der Waals surface area (Å²) in [6.45, 7) is 4.30. The molecule has 0 aliphatic heterocycles. The van der Waals surface area contributed by atoms with Gasteiger partial charge in [-0.1, -0.05) is 23.8 Å². The van der Waals surface area contributed by atoms with Gasteiger partial charge in [0.05, 0.1) is 6.42 Å². The lowest BCUT2D eigenvalue weighted by Gasteiger charge is -2.16. The van der Waals surface area contributed by atoms with Crippen LogP contribution in [0.3, 0.4) is 0 Å². The van der Waals surface area contributed by atoms with Gasteiger partial charge in [-0.2, -0.15) is 0 Å². The molecule has 5 nitrogen and oxygen atoms in total. The van der Waals surface area contributed by atoms with Crippen LogP contribution < -0.4 is 0 Å². The summed E-state index contributed by atoms with van der Waals surface area (Å²) in [5.74, 6) is -0.936. The molecule has 1 aromatic carbocycles. The molecule has 0 aliphatic rings. The lowest BCUT2D eigenvalue weighted by Crippen LogP contribution is -2.29. The van der Waals surface area contributed by atoms with E-state index in [-0.39, 0.29) is 19.6 Å². The molecule has 1 amide bonds. The second kappa shape index (κ2) is 6.78. The molecule has 1 N–H and O–H groups in total. The number of carboxylic acids is 1. The Labute approximate surface area is 112 Å². The molecule has 0 aromatic heterocycles. The Morgan fingerprint density at radius 2 is 2.00 bits per heavy atom. The average molecular weight is 265 g/mol. The number of nitrogens with zero attached hydrogens (tertiary/aromatic N) is 1. The summed E-state index contributed by atoms with van der Waals surface area (Å²) in [6.07, 6.45) is -0.601. The van der Waals surface area contributed by atoms with E-state index in [4.69, 9.17) is 9.84 Å². The van der Waals surface area contributed by atoms with Gasteiger partial charge in [-0.3, -0.25) is 4.79 Å². The first kappa shape index (κ1) is 15.0. The largest absolute Gasteiger partial charge is 0.481 e. The molecule has 0 atom stereocenters. The summed E-state index contributed by atoms with van der Waals surface area (Å²) in [7, 11) is 1.52. The molecule has 0 aliphatic carbocycles. The third-order valence-electron chi connectivity index (χ3n) is 2.82. The minimum atomic E-state index is -0.936. The molecule has 19 heavy (non-hydrogen) atoms. The molecule has 1 aromatic rings. The van der Waals surface area contributed by atoms with Crippen molar-refractivity contribution < 1.29 is 19.4 Å². The van der Waals surface area contributed by atoms with E-state index >= 15 is 0 Å². The van der Waals surface area contributed by atoms with Gasteiger partial charge in [-0.25, -0.2) is 4.79 Å². The molecular formula is C14H19NO4. The maximum absolute atomic E-state index is 11.6. The first-order chi connectivity index (χ1) is 8.90. The van der Waals surface area contributed by atoms with Crippen LogP contribution in [0.15, 0.2) is 18.2 Å². The summed E-state index contributed by atoms with van der Waals surface area (Å²) in [4.78, 5) is 23.3. The summed E-state index contributed by atoms with van der Waals surface area (Å²) in [6, 6.07) is 5.91. The molecule has 0 fully saturated rings. The molecule has 1 rings (SSSR count). The van der Waals surface area contributed by atoms with Gasteiger partial charge in [0.2, 0.25) is 0 Å². The van der Waals surface area contributed by atoms with Crippen LogP contribution in [0.5, 0.6) is 0 Å². The molecule has 0 heterocycles. The van der Waals surface area contributed by atoms with Gasteiger partial charge < -0.3 is 14.7 Å². The maximum Gasteiger partial charge on any atom is 0.409 e. The zero-order valence-electron chi connectivity index (χ0n) is 11.5. The zero-order chi connectivity index (χ0) is 14.4. The van der Waals surface area contributed by atoms with Crippen molar-refractivity contribution in [1.82, 2.24) is 4.90 Å². The van der Waals surface area contributed by atoms with Gasteiger partial charge in [-0.15, -0.1) is 0 Å². The molecule has 5 heteroatoms. The van der Waals surface area contributed by atoms with Crippen LogP contribution >= 0.6 is 0 Å². The third-order valence-corrected chi connectivity index (χ3v) is 2.82. The van der Waals surface area contributed by atoms with Crippen molar-refractivity contribution in [2.24, 2.45) is 0 Å². The fourth-order valence-corrected chi connectivity index (χ4v) is 1.61. The number of ether oxygens (including phenoxy) is 1. The van der Waals surface area contributed by atoms with E-state index < -0.39 is 12.1 Å². The minimum absolute atomic E-state index is 0.0881. The topological polar surface area (TPSA) is 66.8 Å². The zero-order valence-corrected chi connectivity index (χ0v) is 11.5. The highest BCUT2D eigenvalue weighted by Gasteiger charge is 2.12. The summed E-state index contributed by atoms with van der Waals surface area (Å²) in [5.41, 5.74) is 3.18. The van der Waals surface area contributed by atoms with Crippen LogP contribution in [0.2, 0.25) is 0 Å². The molecule has 0 unspecified atom stereocenters. The van der Waals surface area contributed by atoms with E-state index in [0.29, 0.717) is 0 Å². The van der Waals surface area contributed by atoms with Crippen molar-refractivity contribution in [3.8, 4) is 0 Å². The number of aliphatic carboxylic acids is 1. The van der Waals surface area contributed by atoms with Gasteiger partial charge in [0.1, 0.15) is 6.61 Å². The fourth-order valence-electron chi connectivity index (χ4n) is 1.61. The van der Waals surface area contributed by atoms with Crippen LogP contribution in [0.4, 0.5) is 4.79 Å². The van der Waals surface area contributed by atoms with Gasteiger partial charge in [0.25, 0.3) is 0 Å². The molecular weight excluding hydrogens is 246 g/mol. The van der Waals surface area contributed by atoms with E-state index in [1.807, 2.05) is 32.0 Å². The van der Waals surface area contributed by atoms with E-state index in [1.165, 1.54) is 11.9 Å². The fraction of sp³-hybridized carbons (Fsp3) is 0.429. The number of aryl methyl sites for hydroxylation is 2. The number of benzene rings is 1. The van der Waals surface area contributed by atoms with Crippen LogP contribution in [0, 0.1) is 13.8 Å². The van der Waals surface area contributed by atoms with E-state index in [0.717, 1.165) is 16.7 Å². The van der Waals surface area contributed by atoms with Gasteiger partial charge in [-0.05, 0) is 25.0 Å². The monoisotopic (exact) mass is 265 g/mol. The number of carbonyl (C=O) groups excluding carboxylic acids is 1. The highest BCUT2D eigenvalue weighted by Crippen LogP contribution is 2.12. The molecule has 0 saturated heterocycles. The van der Waals surface area contributed by atoms with Crippen LogP contribution in [0.25, 0.3) is 0 Å². The molecule has 104 valence electrons. The van der Waals surface area contributed by atoms with Crippen molar-refractivity contribution >= 4 is 12.1 Å². The van der Waals surface area contributed by atoms with Crippen molar-refractivity contribution in [3.05, 3.63) is 34.9 Å². The van der Waals surface area contributed by atoms with Gasteiger partial charge in [0.15, 0.2) is 0 Å². The number of amides is 1. The molecule has 0 radical (unpaired) electrons. The Morgan fingerprint density at radius 1 is 1.32 bits per heavy atom. The number of hydrogen-bond donors (Lipinski definition) is 1. The predicted molar refractivity (Wildman–Crippen MR) is 71.0 cm³/mol. The Balaban J connectivity index is 2.47. The number of rotatable bonds is 5.